The fourth-order valence-corrected chi connectivity index (χ4v) is 3.76. The Labute approximate surface area is 147 Å². The second-order valence-corrected chi connectivity index (χ2v) is 6.74. The maximum atomic E-state index is 11.5. The molecule has 2 fully saturated rings. The van der Waals surface area contributed by atoms with Crippen molar-refractivity contribution in [2.75, 3.05) is 44.3 Å². The fraction of sp³-hybridized carbons (Fsp3) is 0.611. The highest BCUT2D eigenvalue weighted by Crippen LogP contribution is 2.32. The number of hydrogen-bond acceptors (Lipinski definition) is 6. The van der Waals surface area contributed by atoms with Crippen LogP contribution in [-0.4, -0.2) is 61.0 Å². The highest BCUT2D eigenvalue weighted by atomic mass is 16.6. The number of carbonyl (C=O) groups is 1. The Morgan fingerprint density at radius 2 is 1.96 bits per heavy atom. The van der Waals surface area contributed by atoms with Crippen LogP contribution in [0.3, 0.4) is 0 Å². The van der Waals surface area contributed by atoms with E-state index in [4.69, 9.17) is 4.74 Å². The van der Waals surface area contributed by atoms with Gasteiger partial charge in [0.05, 0.1) is 11.5 Å². The summed E-state index contributed by atoms with van der Waals surface area (Å²) in [6.07, 6.45) is 3.05. The van der Waals surface area contributed by atoms with Crippen molar-refractivity contribution in [1.29, 1.82) is 0 Å². The molecule has 1 aromatic rings. The smallest absolute Gasteiger partial charge is 0.293 e. The molecule has 0 spiro atoms. The Balaban J connectivity index is 1.70. The number of ether oxygens (including phenoxy) is 1. The number of Topliss-reactive ketones (excluding diaryl/α,β-unsaturated/α-hetero) is 1. The molecule has 1 aromatic carbocycles. The summed E-state index contributed by atoms with van der Waals surface area (Å²) in [5.74, 6) is -0.156. The molecular weight excluding hydrogens is 322 g/mol. The van der Waals surface area contributed by atoms with E-state index in [9.17, 15) is 14.9 Å². The van der Waals surface area contributed by atoms with Crippen molar-refractivity contribution in [1.82, 2.24) is 4.90 Å². The number of piperidine rings is 1. The largest absolute Gasteiger partial charge is 0.380 e. The highest BCUT2D eigenvalue weighted by molar-refractivity contribution is 5.95. The van der Waals surface area contributed by atoms with Gasteiger partial charge in [-0.25, -0.2) is 0 Å². The third-order valence-corrected chi connectivity index (χ3v) is 5.16. The first-order chi connectivity index (χ1) is 12.1. The molecule has 2 aliphatic rings. The van der Waals surface area contributed by atoms with E-state index >= 15 is 0 Å². The number of rotatable bonds is 4. The van der Waals surface area contributed by atoms with E-state index < -0.39 is 0 Å². The van der Waals surface area contributed by atoms with E-state index in [1.807, 2.05) is 0 Å². The van der Waals surface area contributed by atoms with Crippen molar-refractivity contribution in [3.63, 3.8) is 0 Å². The third kappa shape index (κ3) is 4.16. The number of nitro groups is 1. The van der Waals surface area contributed by atoms with E-state index in [-0.39, 0.29) is 16.4 Å². The average molecular weight is 347 g/mol. The Hall–Kier alpha value is -1.99. The van der Waals surface area contributed by atoms with Gasteiger partial charge in [0.1, 0.15) is 5.69 Å². The van der Waals surface area contributed by atoms with E-state index in [1.54, 1.807) is 12.1 Å². The quantitative estimate of drug-likeness (QED) is 0.473. The minimum Gasteiger partial charge on any atom is -0.380 e. The molecule has 2 saturated heterocycles. The van der Waals surface area contributed by atoms with Crippen LogP contribution in [0, 0.1) is 10.1 Å². The van der Waals surface area contributed by atoms with E-state index in [1.165, 1.54) is 13.0 Å². The molecule has 0 unspecified atom stereocenters. The van der Waals surface area contributed by atoms with Gasteiger partial charge in [-0.15, -0.1) is 0 Å². The lowest BCUT2D eigenvalue weighted by Gasteiger charge is -2.38. The summed E-state index contributed by atoms with van der Waals surface area (Å²) in [5.41, 5.74) is 1.02. The number of anilines is 1. The monoisotopic (exact) mass is 347 g/mol. The average Bonchev–Trinajstić information content (AvgIpc) is 2.90. The van der Waals surface area contributed by atoms with E-state index in [0.717, 1.165) is 58.7 Å². The van der Waals surface area contributed by atoms with E-state index in [0.29, 0.717) is 17.3 Å². The molecule has 25 heavy (non-hydrogen) atoms. The predicted molar refractivity (Wildman–Crippen MR) is 95.3 cm³/mol. The van der Waals surface area contributed by atoms with Crippen LogP contribution < -0.4 is 4.90 Å². The summed E-state index contributed by atoms with van der Waals surface area (Å²) >= 11 is 0. The summed E-state index contributed by atoms with van der Waals surface area (Å²) in [6.45, 7) is 6.68. The molecule has 0 aromatic heterocycles. The molecule has 0 aliphatic carbocycles. The van der Waals surface area contributed by atoms with Gasteiger partial charge in [-0.1, -0.05) is 0 Å². The lowest BCUT2D eigenvalue weighted by molar-refractivity contribution is -0.384. The van der Waals surface area contributed by atoms with Gasteiger partial charge in [-0.05, 0) is 38.3 Å². The first-order valence-electron chi connectivity index (χ1n) is 8.92. The number of hydrogen-bond donors (Lipinski definition) is 0. The van der Waals surface area contributed by atoms with Crippen molar-refractivity contribution in [3.8, 4) is 0 Å². The van der Waals surface area contributed by atoms with Crippen LogP contribution in [0.1, 0.15) is 36.5 Å². The van der Waals surface area contributed by atoms with Gasteiger partial charge in [0.15, 0.2) is 5.78 Å². The molecule has 0 saturated carbocycles. The molecule has 0 N–H and O–H groups in total. The van der Waals surface area contributed by atoms with Crippen molar-refractivity contribution in [2.24, 2.45) is 0 Å². The van der Waals surface area contributed by atoms with Crippen LogP contribution >= 0.6 is 0 Å². The Kier molecular flexibility index (Phi) is 5.65. The summed E-state index contributed by atoms with van der Waals surface area (Å²) < 4.78 is 5.52. The molecule has 0 atom stereocenters. The van der Waals surface area contributed by atoms with Crippen molar-refractivity contribution >= 4 is 17.2 Å². The minimum atomic E-state index is -0.389. The van der Waals surface area contributed by atoms with Gasteiger partial charge in [0.25, 0.3) is 5.69 Å². The van der Waals surface area contributed by atoms with Crippen LogP contribution in [0.15, 0.2) is 18.2 Å². The number of carbonyl (C=O) groups excluding carboxylic acids is 1. The van der Waals surface area contributed by atoms with Gasteiger partial charge in [-0.2, -0.15) is 0 Å². The zero-order valence-corrected chi connectivity index (χ0v) is 14.6. The fourth-order valence-electron chi connectivity index (χ4n) is 3.76. The molecule has 136 valence electrons. The van der Waals surface area contributed by atoms with Gasteiger partial charge < -0.3 is 9.64 Å². The van der Waals surface area contributed by atoms with Gasteiger partial charge in [0, 0.05) is 50.5 Å². The molecule has 0 radical (unpaired) electrons. The standard InChI is InChI=1S/C18H25N3O4/c1-14(22)15-3-4-17(18(13-15)21(23)24)20-8-5-16(6-9-20)19-7-2-11-25-12-10-19/h3-4,13,16H,2,5-12H2,1H3. The first-order valence-corrected chi connectivity index (χ1v) is 8.92. The number of nitrogens with zero attached hydrogens (tertiary/aromatic N) is 3. The maximum Gasteiger partial charge on any atom is 0.293 e. The van der Waals surface area contributed by atoms with Crippen LogP contribution in [0.2, 0.25) is 0 Å². The van der Waals surface area contributed by atoms with Crippen molar-refractivity contribution < 1.29 is 14.5 Å². The Morgan fingerprint density at radius 3 is 2.64 bits per heavy atom. The zero-order chi connectivity index (χ0) is 17.8. The molecule has 0 amide bonds. The summed E-state index contributed by atoms with van der Waals surface area (Å²) in [7, 11) is 0. The molecule has 3 rings (SSSR count). The van der Waals surface area contributed by atoms with Crippen LogP contribution in [0.25, 0.3) is 0 Å². The molecular formula is C18H25N3O4. The van der Waals surface area contributed by atoms with Crippen molar-refractivity contribution in [3.05, 3.63) is 33.9 Å². The Morgan fingerprint density at radius 1 is 1.20 bits per heavy atom. The normalized spacial score (nSPS) is 20.3. The SMILES string of the molecule is CC(=O)c1ccc(N2CCC(N3CCCOCC3)CC2)c([N+](=O)[O-])c1. The molecule has 2 heterocycles. The molecule has 7 heteroatoms. The highest BCUT2D eigenvalue weighted by Gasteiger charge is 2.28. The first kappa shape index (κ1) is 17.8. The molecule has 0 bridgehead atoms. The third-order valence-electron chi connectivity index (χ3n) is 5.16. The Bertz CT molecular complexity index is 633. The lowest BCUT2D eigenvalue weighted by atomic mass is 10.0. The van der Waals surface area contributed by atoms with Crippen LogP contribution in [0.4, 0.5) is 11.4 Å². The van der Waals surface area contributed by atoms with Crippen LogP contribution in [-0.2, 0) is 4.74 Å². The van der Waals surface area contributed by atoms with Gasteiger partial charge in [0.2, 0.25) is 0 Å². The molecule has 7 nitrogen and oxygen atoms in total. The minimum absolute atomic E-state index is 0.0225. The topological polar surface area (TPSA) is 75.9 Å². The van der Waals surface area contributed by atoms with E-state index in [2.05, 4.69) is 9.80 Å². The molecule has 2 aliphatic heterocycles. The number of nitro benzene ring substituents is 1. The summed E-state index contributed by atoms with van der Waals surface area (Å²) in [6, 6.07) is 5.32. The summed E-state index contributed by atoms with van der Waals surface area (Å²) in [4.78, 5) is 27.1. The van der Waals surface area contributed by atoms with Gasteiger partial charge in [-0.3, -0.25) is 19.8 Å². The maximum absolute atomic E-state index is 11.5. The van der Waals surface area contributed by atoms with Gasteiger partial charge >= 0.3 is 0 Å². The predicted octanol–water partition coefficient (Wildman–Crippen LogP) is 2.49. The van der Waals surface area contributed by atoms with Crippen LogP contribution in [0.5, 0.6) is 0 Å². The number of ketones is 1. The van der Waals surface area contributed by atoms with Crippen molar-refractivity contribution in [2.45, 2.75) is 32.2 Å². The second kappa shape index (κ2) is 7.93. The lowest BCUT2D eigenvalue weighted by Crippen LogP contribution is -2.46. The zero-order valence-electron chi connectivity index (χ0n) is 14.6. The summed E-state index contributed by atoms with van der Waals surface area (Å²) in [5, 5.41) is 11.4. The second-order valence-electron chi connectivity index (χ2n) is 6.74. The number of benzene rings is 1.